The van der Waals surface area contributed by atoms with E-state index in [9.17, 15) is 4.79 Å². The summed E-state index contributed by atoms with van der Waals surface area (Å²) < 4.78 is 24.5. The lowest BCUT2D eigenvalue weighted by Gasteiger charge is -2.13. The molecule has 152 valence electrons. The maximum absolute atomic E-state index is 12.6. The molecule has 0 aliphatic carbocycles. The third-order valence-corrected chi connectivity index (χ3v) is 5.52. The number of nitrogens with one attached hydrogen (secondary N) is 1. The van der Waals surface area contributed by atoms with Crippen molar-refractivity contribution < 1.29 is 23.7 Å². The Hall–Kier alpha value is -2.91. The molecule has 2 aromatic carbocycles. The number of rotatable bonds is 9. The molecule has 0 radical (unpaired) electrons. The molecule has 1 heterocycles. The maximum atomic E-state index is 12.6. The second kappa shape index (κ2) is 10.0. The Morgan fingerprint density at radius 3 is 2.41 bits per heavy atom. The molecule has 9 heteroatoms. The van der Waals surface area contributed by atoms with Crippen LogP contribution in [0.4, 0.5) is 0 Å². The van der Waals surface area contributed by atoms with Gasteiger partial charge in [-0.25, -0.2) is 4.98 Å². The van der Waals surface area contributed by atoms with Crippen LogP contribution in [0.2, 0.25) is 0 Å². The zero-order valence-electron chi connectivity index (χ0n) is 16.1. The average molecular weight is 433 g/mol. The fraction of sp³-hybridized carbons (Fsp3) is 0.200. The standard InChI is InChI=1S/C20H20N2O5S2/c1-24-15-5-4-6-16(25-2)18(15)29-22-19(23)13-7-8-14(17(11-13)26-3)12-27-20-21-9-10-28-20/h4-11H,12H2,1-3H3,(H,22,23). The number of aromatic nitrogens is 1. The minimum absolute atomic E-state index is 0.270. The molecule has 0 aliphatic rings. The van der Waals surface area contributed by atoms with Crippen molar-refractivity contribution in [3.63, 3.8) is 0 Å². The van der Waals surface area contributed by atoms with Gasteiger partial charge in [-0.2, -0.15) is 0 Å². The molecule has 0 bridgehead atoms. The van der Waals surface area contributed by atoms with Crippen LogP contribution in [0.1, 0.15) is 15.9 Å². The van der Waals surface area contributed by atoms with E-state index in [2.05, 4.69) is 9.71 Å². The van der Waals surface area contributed by atoms with Crippen LogP contribution in [0.3, 0.4) is 0 Å². The second-order valence-corrected chi connectivity index (χ2v) is 7.31. The largest absolute Gasteiger partial charge is 0.496 e. The number of amides is 1. The van der Waals surface area contributed by atoms with Crippen LogP contribution in [0.5, 0.6) is 22.4 Å². The topological polar surface area (TPSA) is 78.9 Å². The zero-order chi connectivity index (χ0) is 20.6. The Balaban J connectivity index is 1.70. The Morgan fingerprint density at radius 1 is 1.07 bits per heavy atom. The van der Waals surface area contributed by atoms with E-state index in [0.29, 0.717) is 39.5 Å². The Kier molecular flexibility index (Phi) is 7.20. The molecule has 1 aromatic heterocycles. The minimum atomic E-state index is -0.270. The number of carbonyl (C=O) groups excluding carboxylic acids is 1. The van der Waals surface area contributed by atoms with Gasteiger partial charge in [0, 0.05) is 22.7 Å². The Morgan fingerprint density at radius 2 is 1.79 bits per heavy atom. The van der Waals surface area contributed by atoms with E-state index >= 15 is 0 Å². The van der Waals surface area contributed by atoms with Crippen molar-refractivity contribution in [3.8, 4) is 22.4 Å². The molecule has 0 aliphatic heterocycles. The monoisotopic (exact) mass is 432 g/mol. The first-order valence-electron chi connectivity index (χ1n) is 8.53. The highest BCUT2D eigenvalue weighted by molar-refractivity contribution is 7.98. The Bertz CT molecular complexity index is 941. The van der Waals surface area contributed by atoms with Gasteiger partial charge in [-0.05, 0) is 36.2 Å². The van der Waals surface area contributed by atoms with Gasteiger partial charge in [-0.1, -0.05) is 23.5 Å². The lowest BCUT2D eigenvalue weighted by molar-refractivity contribution is 0.0984. The summed E-state index contributed by atoms with van der Waals surface area (Å²) in [5, 5.41) is 2.42. The molecule has 3 rings (SSSR count). The smallest absolute Gasteiger partial charge is 0.273 e. The van der Waals surface area contributed by atoms with Gasteiger partial charge in [0.2, 0.25) is 0 Å². The molecule has 0 spiro atoms. The Labute approximate surface area is 177 Å². The van der Waals surface area contributed by atoms with Gasteiger partial charge in [-0.3, -0.25) is 9.52 Å². The fourth-order valence-corrected chi connectivity index (χ4v) is 3.80. The highest BCUT2D eigenvalue weighted by Crippen LogP contribution is 2.36. The second-order valence-electron chi connectivity index (χ2n) is 5.64. The van der Waals surface area contributed by atoms with Crippen LogP contribution >= 0.6 is 23.3 Å². The van der Waals surface area contributed by atoms with Crippen molar-refractivity contribution in [2.24, 2.45) is 0 Å². The van der Waals surface area contributed by atoms with Gasteiger partial charge in [0.15, 0.2) is 0 Å². The van der Waals surface area contributed by atoms with E-state index in [1.54, 1.807) is 57.9 Å². The lowest BCUT2D eigenvalue weighted by Crippen LogP contribution is -2.16. The van der Waals surface area contributed by atoms with E-state index in [-0.39, 0.29) is 5.91 Å². The van der Waals surface area contributed by atoms with E-state index in [4.69, 9.17) is 18.9 Å². The van der Waals surface area contributed by atoms with Crippen LogP contribution < -0.4 is 23.7 Å². The van der Waals surface area contributed by atoms with Crippen molar-refractivity contribution in [3.05, 3.63) is 59.1 Å². The first-order valence-corrected chi connectivity index (χ1v) is 10.2. The average Bonchev–Trinajstić information content (AvgIpc) is 3.29. The molecular formula is C20H20N2O5S2. The first kappa shape index (κ1) is 20.8. The molecule has 1 amide bonds. The quantitative estimate of drug-likeness (QED) is 0.508. The predicted octanol–water partition coefficient (Wildman–Crippen LogP) is 4.19. The number of ether oxygens (including phenoxy) is 4. The summed E-state index contributed by atoms with van der Waals surface area (Å²) in [6, 6.07) is 10.6. The fourth-order valence-electron chi connectivity index (χ4n) is 2.50. The molecule has 0 atom stereocenters. The summed E-state index contributed by atoms with van der Waals surface area (Å²) in [4.78, 5) is 17.4. The normalized spacial score (nSPS) is 10.3. The van der Waals surface area contributed by atoms with Gasteiger partial charge >= 0.3 is 0 Å². The molecule has 0 saturated heterocycles. The number of methoxy groups -OCH3 is 3. The maximum Gasteiger partial charge on any atom is 0.273 e. The van der Waals surface area contributed by atoms with E-state index < -0.39 is 0 Å². The summed E-state index contributed by atoms with van der Waals surface area (Å²) >= 11 is 2.54. The minimum Gasteiger partial charge on any atom is -0.496 e. The van der Waals surface area contributed by atoms with Crippen molar-refractivity contribution in [1.29, 1.82) is 0 Å². The van der Waals surface area contributed by atoms with Crippen LogP contribution in [0, 0.1) is 0 Å². The van der Waals surface area contributed by atoms with Crippen LogP contribution in [-0.2, 0) is 6.61 Å². The van der Waals surface area contributed by atoms with Gasteiger partial charge in [-0.15, -0.1) is 0 Å². The predicted molar refractivity (Wildman–Crippen MR) is 112 cm³/mol. The molecular weight excluding hydrogens is 412 g/mol. The van der Waals surface area contributed by atoms with Crippen molar-refractivity contribution in [2.75, 3.05) is 21.3 Å². The highest BCUT2D eigenvalue weighted by Gasteiger charge is 2.15. The van der Waals surface area contributed by atoms with Gasteiger partial charge in [0.05, 0.1) is 21.3 Å². The highest BCUT2D eigenvalue weighted by atomic mass is 32.2. The summed E-state index contributed by atoms with van der Waals surface area (Å²) in [6.45, 7) is 0.297. The third-order valence-electron chi connectivity index (χ3n) is 3.94. The summed E-state index contributed by atoms with van der Waals surface area (Å²) in [5.74, 6) is 1.52. The third kappa shape index (κ3) is 5.12. The van der Waals surface area contributed by atoms with Gasteiger partial charge < -0.3 is 18.9 Å². The summed E-state index contributed by atoms with van der Waals surface area (Å²) in [7, 11) is 4.69. The van der Waals surface area contributed by atoms with Crippen LogP contribution in [0.15, 0.2) is 52.9 Å². The molecule has 1 N–H and O–H groups in total. The molecule has 0 fully saturated rings. The number of nitrogens with zero attached hydrogens (tertiary/aromatic N) is 1. The number of thiazole rings is 1. The van der Waals surface area contributed by atoms with E-state index in [1.807, 2.05) is 11.4 Å². The van der Waals surface area contributed by atoms with Crippen molar-refractivity contribution in [1.82, 2.24) is 9.71 Å². The van der Waals surface area contributed by atoms with Crippen molar-refractivity contribution >= 4 is 29.2 Å². The number of benzene rings is 2. The summed E-state index contributed by atoms with van der Waals surface area (Å²) in [5.41, 5.74) is 1.28. The zero-order valence-corrected chi connectivity index (χ0v) is 17.8. The van der Waals surface area contributed by atoms with Gasteiger partial charge in [0.1, 0.15) is 28.8 Å². The van der Waals surface area contributed by atoms with E-state index in [1.165, 1.54) is 11.3 Å². The molecule has 3 aromatic rings. The SMILES string of the molecule is COc1cc(C(=O)NSc2c(OC)cccc2OC)ccc1COc1nccs1. The molecule has 29 heavy (non-hydrogen) atoms. The van der Waals surface area contributed by atoms with Gasteiger partial charge in [0.25, 0.3) is 11.1 Å². The number of carbonyl (C=O) groups is 1. The summed E-state index contributed by atoms with van der Waals surface area (Å²) in [6.07, 6.45) is 1.68. The molecule has 0 saturated carbocycles. The molecule has 0 unspecified atom stereocenters. The molecule has 7 nitrogen and oxygen atoms in total. The van der Waals surface area contributed by atoms with Crippen LogP contribution in [0.25, 0.3) is 0 Å². The van der Waals surface area contributed by atoms with E-state index in [0.717, 1.165) is 17.5 Å². The number of hydrogen-bond acceptors (Lipinski definition) is 8. The van der Waals surface area contributed by atoms with Crippen molar-refractivity contribution in [2.45, 2.75) is 11.5 Å². The van der Waals surface area contributed by atoms with Crippen LogP contribution in [-0.4, -0.2) is 32.2 Å². The number of hydrogen-bond donors (Lipinski definition) is 1. The first-order chi connectivity index (χ1) is 14.2. The lowest BCUT2D eigenvalue weighted by atomic mass is 10.1.